The number of rotatable bonds is 0. The summed E-state index contributed by atoms with van der Waals surface area (Å²) in [5.41, 5.74) is 1.29. The Hall–Kier alpha value is -1.82. The second-order valence-corrected chi connectivity index (χ2v) is 4.49. The average Bonchev–Trinajstić information content (AvgIpc) is 2.37. The molecule has 0 fully saturated rings. The van der Waals surface area contributed by atoms with Crippen molar-refractivity contribution in [2.24, 2.45) is 0 Å². The van der Waals surface area contributed by atoms with E-state index in [4.69, 9.17) is 4.74 Å². The van der Waals surface area contributed by atoms with Crippen LogP contribution in [-0.4, -0.2) is 24.9 Å². The van der Waals surface area contributed by atoms with Gasteiger partial charge in [0.05, 0.1) is 11.2 Å². The largest absolute Gasteiger partial charge is 0.419 e. The summed E-state index contributed by atoms with van der Waals surface area (Å²) in [6, 6.07) is 7.15. The lowest BCUT2D eigenvalue weighted by atomic mass is 10.0. The zero-order valence-corrected chi connectivity index (χ0v) is 10.1. The zero-order chi connectivity index (χ0) is 13.6. The number of hydrogen-bond acceptors (Lipinski definition) is 3. The molecule has 6 heteroatoms. The quantitative estimate of drug-likeness (QED) is 0.733. The van der Waals surface area contributed by atoms with Crippen molar-refractivity contribution < 1.29 is 17.9 Å². The van der Waals surface area contributed by atoms with Crippen molar-refractivity contribution in [2.45, 2.75) is 12.3 Å². The number of anilines is 1. The first-order valence-corrected chi connectivity index (χ1v) is 5.75. The summed E-state index contributed by atoms with van der Waals surface area (Å²) in [4.78, 5) is 5.75. The second-order valence-electron chi connectivity index (χ2n) is 4.49. The molecule has 2 heterocycles. The van der Waals surface area contributed by atoms with E-state index in [-0.39, 0.29) is 12.3 Å². The third kappa shape index (κ3) is 1.92. The lowest BCUT2D eigenvalue weighted by Gasteiger charge is -2.34. The van der Waals surface area contributed by atoms with Crippen LogP contribution < -0.4 is 4.90 Å². The summed E-state index contributed by atoms with van der Waals surface area (Å²) < 4.78 is 43.8. The second kappa shape index (κ2) is 4.09. The molecule has 0 amide bonds. The maximum atomic E-state index is 13.0. The number of fused-ring (bicyclic) bond motifs is 3. The molecule has 1 atom stereocenters. The Morgan fingerprint density at radius 2 is 2.05 bits per heavy atom. The summed E-state index contributed by atoms with van der Waals surface area (Å²) in [7, 11) is 1.71. The van der Waals surface area contributed by atoms with Crippen molar-refractivity contribution in [2.75, 3.05) is 18.7 Å². The SMILES string of the molecule is CN1COC(C(F)(F)F)c2cnc3ccccc3c21. The number of hydrogen-bond donors (Lipinski definition) is 0. The van der Waals surface area contributed by atoms with Gasteiger partial charge in [-0.2, -0.15) is 13.2 Å². The molecule has 3 nitrogen and oxygen atoms in total. The van der Waals surface area contributed by atoms with Crippen LogP contribution in [0.3, 0.4) is 0 Å². The molecule has 100 valence electrons. The maximum absolute atomic E-state index is 13.0. The highest BCUT2D eigenvalue weighted by Crippen LogP contribution is 2.44. The fourth-order valence-electron chi connectivity index (χ4n) is 2.37. The third-order valence-electron chi connectivity index (χ3n) is 3.17. The van der Waals surface area contributed by atoms with Crippen LogP contribution in [0.5, 0.6) is 0 Å². The smallest absolute Gasteiger partial charge is 0.351 e. The van der Waals surface area contributed by atoms with Gasteiger partial charge in [-0.3, -0.25) is 4.98 Å². The number of aromatic nitrogens is 1. The molecule has 1 aliphatic rings. The molecule has 3 rings (SSSR count). The van der Waals surface area contributed by atoms with Crippen LogP contribution in [0.25, 0.3) is 10.9 Å². The van der Waals surface area contributed by atoms with E-state index in [1.807, 2.05) is 6.07 Å². The van der Waals surface area contributed by atoms with E-state index < -0.39 is 12.3 Å². The summed E-state index contributed by atoms with van der Waals surface area (Å²) in [5, 5.41) is 0.708. The van der Waals surface area contributed by atoms with E-state index >= 15 is 0 Å². The first-order chi connectivity index (χ1) is 8.98. The molecular weight excluding hydrogens is 257 g/mol. The van der Waals surface area contributed by atoms with E-state index in [1.165, 1.54) is 6.20 Å². The maximum Gasteiger partial charge on any atom is 0.419 e. The lowest BCUT2D eigenvalue weighted by Crippen LogP contribution is -2.36. The summed E-state index contributed by atoms with van der Waals surface area (Å²) in [6.45, 7) is -0.0921. The molecule has 1 unspecified atom stereocenters. The minimum absolute atomic E-state index is 0.0694. The van der Waals surface area contributed by atoms with Gasteiger partial charge < -0.3 is 9.64 Å². The van der Waals surface area contributed by atoms with Crippen LogP contribution in [0.4, 0.5) is 18.9 Å². The van der Waals surface area contributed by atoms with Gasteiger partial charge in [-0.1, -0.05) is 18.2 Å². The predicted molar refractivity (Wildman–Crippen MR) is 64.9 cm³/mol. The Labute approximate surface area is 107 Å². The number of alkyl halides is 3. The van der Waals surface area contributed by atoms with E-state index in [1.54, 1.807) is 30.1 Å². The van der Waals surface area contributed by atoms with E-state index in [0.717, 1.165) is 0 Å². The van der Waals surface area contributed by atoms with Gasteiger partial charge in [0.15, 0.2) is 6.10 Å². The van der Waals surface area contributed by atoms with Crippen molar-refractivity contribution in [1.29, 1.82) is 0 Å². The fraction of sp³-hybridized carbons (Fsp3) is 0.308. The van der Waals surface area contributed by atoms with Crippen molar-refractivity contribution in [3.8, 4) is 0 Å². The normalized spacial score (nSPS) is 19.6. The van der Waals surface area contributed by atoms with Crippen LogP contribution in [0.15, 0.2) is 30.5 Å². The van der Waals surface area contributed by atoms with Gasteiger partial charge in [0.2, 0.25) is 0 Å². The number of benzene rings is 1. The first-order valence-electron chi connectivity index (χ1n) is 5.75. The molecule has 0 saturated carbocycles. The molecule has 0 radical (unpaired) electrons. The van der Waals surface area contributed by atoms with E-state index in [2.05, 4.69) is 4.98 Å². The molecule has 0 bridgehead atoms. The number of halogens is 3. The van der Waals surface area contributed by atoms with Gasteiger partial charge >= 0.3 is 6.18 Å². The number of ether oxygens (including phenoxy) is 1. The van der Waals surface area contributed by atoms with Gasteiger partial charge in [-0.15, -0.1) is 0 Å². The van der Waals surface area contributed by atoms with Gasteiger partial charge in [0.1, 0.15) is 6.73 Å². The minimum Gasteiger partial charge on any atom is -0.351 e. The highest BCUT2D eigenvalue weighted by molar-refractivity contribution is 5.93. The summed E-state index contributed by atoms with van der Waals surface area (Å²) >= 11 is 0. The third-order valence-corrected chi connectivity index (χ3v) is 3.17. The molecule has 0 aliphatic carbocycles. The van der Waals surface area contributed by atoms with Crippen LogP contribution in [0.2, 0.25) is 0 Å². The van der Waals surface area contributed by atoms with Gasteiger partial charge in [0, 0.05) is 24.2 Å². The molecular formula is C13H11F3N2O. The Kier molecular flexibility index (Phi) is 2.63. The predicted octanol–water partition coefficient (Wildman–Crippen LogP) is 3.26. The number of pyridine rings is 1. The monoisotopic (exact) mass is 268 g/mol. The van der Waals surface area contributed by atoms with Gasteiger partial charge in [0.25, 0.3) is 0 Å². The Balaban J connectivity index is 2.27. The van der Waals surface area contributed by atoms with Crippen LogP contribution in [0, 0.1) is 0 Å². The van der Waals surface area contributed by atoms with Crippen LogP contribution in [-0.2, 0) is 4.74 Å². The van der Waals surface area contributed by atoms with E-state index in [9.17, 15) is 13.2 Å². The van der Waals surface area contributed by atoms with Crippen molar-refractivity contribution >= 4 is 16.6 Å². The Morgan fingerprint density at radius 1 is 1.32 bits per heavy atom. The molecule has 0 spiro atoms. The van der Waals surface area contributed by atoms with Crippen LogP contribution in [0.1, 0.15) is 11.7 Å². The molecule has 1 aliphatic heterocycles. The average molecular weight is 268 g/mol. The number of para-hydroxylation sites is 1. The molecule has 1 aromatic heterocycles. The van der Waals surface area contributed by atoms with Crippen molar-refractivity contribution in [1.82, 2.24) is 4.98 Å². The first kappa shape index (κ1) is 12.2. The fourth-order valence-corrected chi connectivity index (χ4v) is 2.37. The van der Waals surface area contributed by atoms with Gasteiger partial charge in [-0.05, 0) is 6.07 Å². The molecule has 0 N–H and O–H groups in total. The van der Waals surface area contributed by atoms with Crippen LogP contribution >= 0.6 is 0 Å². The minimum atomic E-state index is -4.43. The molecule has 0 saturated heterocycles. The zero-order valence-electron chi connectivity index (χ0n) is 10.1. The van der Waals surface area contributed by atoms with Crippen molar-refractivity contribution in [3.63, 3.8) is 0 Å². The topological polar surface area (TPSA) is 25.4 Å². The van der Waals surface area contributed by atoms with Crippen molar-refractivity contribution in [3.05, 3.63) is 36.0 Å². The summed E-state index contributed by atoms with van der Waals surface area (Å²) in [6.07, 6.45) is -5.08. The highest BCUT2D eigenvalue weighted by Gasteiger charge is 2.46. The lowest BCUT2D eigenvalue weighted by molar-refractivity contribution is -0.225. The Morgan fingerprint density at radius 3 is 2.79 bits per heavy atom. The highest BCUT2D eigenvalue weighted by atomic mass is 19.4. The molecule has 1 aromatic carbocycles. The van der Waals surface area contributed by atoms with E-state index in [0.29, 0.717) is 16.6 Å². The molecule has 2 aromatic rings. The number of nitrogens with zero attached hydrogens (tertiary/aromatic N) is 2. The Bertz CT molecular complexity index is 627. The molecule has 19 heavy (non-hydrogen) atoms. The standard InChI is InChI=1S/C13H11F3N2O/c1-18-7-19-12(13(14,15)16)9-6-17-10-5-3-2-4-8(10)11(9)18/h2-6,12H,7H2,1H3. The van der Waals surface area contributed by atoms with Gasteiger partial charge in [-0.25, -0.2) is 0 Å². The summed E-state index contributed by atoms with van der Waals surface area (Å²) in [5.74, 6) is 0.